The average Bonchev–Trinajstić information content (AvgIpc) is 3.28. The lowest BCUT2D eigenvalue weighted by Crippen LogP contribution is -2.29. The molecule has 1 aliphatic carbocycles. The van der Waals surface area contributed by atoms with Crippen LogP contribution in [-0.2, 0) is 5.41 Å². The summed E-state index contributed by atoms with van der Waals surface area (Å²) >= 11 is 0. The summed E-state index contributed by atoms with van der Waals surface area (Å²) in [5, 5.41) is 0. The first-order valence-electron chi connectivity index (χ1n) is 15.6. The summed E-state index contributed by atoms with van der Waals surface area (Å²) in [5.74, 6) is 3.31. The van der Waals surface area contributed by atoms with Crippen molar-refractivity contribution in [3.8, 4) is 34.1 Å². The summed E-state index contributed by atoms with van der Waals surface area (Å²) in [6, 6.07) is 43.7. The van der Waals surface area contributed by atoms with Gasteiger partial charge >= 0.3 is 0 Å². The second kappa shape index (κ2) is 11.1. The van der Waals surface area contributed by atoms with E-state index in [-0.39, 0.29) is 0 Å². The first kappa shape index (κ1) is 28.7. The molecule has 1 aliphatic rings. The van der Waals surface area contributed by atoms with Gasteiger partial charge in [-0.15, -0.1) is 0 Å². The van der Waals surface area contributed by atoms with Crippen molar-refractivity contribution in [2.45, 2.75) is 47.0 Å². The van der Waals surface area contributed by atoms with Gasteiger partial charge in [0.05, 0.1) is 5.41 Å². The molecule has 2 heteroatoms. The molecule has 0 atom stereocenters. The Morgan fingerprint density at radius 1 is 0.333 bits per heavy atom. The molecule has 0 aromatic heterocycles. The van der Waals surface area contributed by atoms with Gasteiger partial charge in [0, 0.05) is 0 Å². The molecule has 0 unspecified atom stereocenters. The molecule has 0 saturated carbocycles. The summed E-state index contributed by atoms with van der Waals surface area (Å²) in [7, 11) is 0. The Bertz CT molecular complexity index is 1900. The van der Waals surface area contributed by atoms with Crippen molar-refractivity contribution < 1.29 is 9.47 Å². The Morgan fingerprint density at radius 2 is 0.711 bits per heavy atom. The van der Waals surface area contributed by atoms with Gasteiger partial charge in [0.15, 0.2) is 0 Å². The summed E-state index contributed by atoms with van der Waals surface area (Å²) in [6.07, 6.45) is 0. The van der Waals surface area contributed by atoms with E-state index in [1.807, 2.05) is 24.3 Å². The Kier molecular flexibility index (Phi) is 7.09. The van der Waals surface area contributed by atoms with Gasteiger partial charge < -0.3 is 9.47 Å². The molecule has 0 N–H and O–H groups in total. The highest BCUT2D eigenvalue weighted by molar-refractivity contribution is 5.87. The van der Waals surface area contributed by atoms with Gasteiger partial charge in [-0.3, -0.25) is 0 Å². The SMILES string of the molecule is Cc1ccc(Oc2cc(C)cc(C3(c4cc(C)cc(Oc5ccc(C)cc5)c4)c4cc(C)ccc4-c4ccc(C)cc43)c2)cc1. The molecule has 6 aromatic carbocycles. The van der Waals surface area contributed by atoms with Crippen LogP contribution in [-0.4, -0.2) is 0 Å². The minimum absolute atomic E-state index is 0.586. The third-order valence-corrected chi connectivity index (χ3v) is 8.93. The van der Waals surface area contributed by atoms with Crippen LogP contribution in [0.3, 0.4) is 0 Å². The van der Waals surface area contributed by atoms with E-state index < -0.39 is 5.41 Å². The maximum Gasteiger partial charge on any atom is 0.128 e. The van der Waals surface area contributed by atoms with Gasteiger partial charge in [-0.2, -0.15) is 0 Å². The highest BCUT2D eigenvalue weighted by atomic mass is 16.5. The molecule has 2 nitrogen and oxygen atoms in total. The lowest BCUT2D eigenvalue weighted by atomic mass is 9.66. The lowest BCUT2D eigenvalue weighted by Gasteiger charge is -2.35. The zero-order chi connectivity index (χ0) is 31.3. The van der Waals surface area contributed by atoms with E-state index in [0.29, 0.717) is 0 Å². The maximum absolute atomic E-state index is 6.53. The van der Waals surface area contributed by atoms with Crippen LogP contribution in [0.1, 0.15) is 55.6 Å². The van der Waals surface area contributed by atoms with Crippen LogP contribution >= 0.6 is 0 Å². The highest BCUT2D eigenvalue weighted by Crippen LogP contribution is 2.57. The fourth-order valence-corrected chi connectivity index (χ4v) is 6.87. The molecule has 45 heavy (non-hydrogen) atoms. The van der Waals surface area contributed by atoms with Crippen molar-refractivity contribution >= 4 is 0 Å². The largest absolute Gasteiger partial charge is 0.457 e. The van der Waals surface area contributed by atoms with Crippen LogP contribution in [0.2, 0.25) is 0 Å². The van der Waals surface area contributed by atoms with Crippen molar-refractivity contribution in [2.24, 2.45) is 0 Å². The molecule has 0 spiro atoms. The van der Waals surface area contributed by atoms with Crippen LogP contribution in [0, 0.1) is 41.5 Å². The van der Waals surface area contributed by atoms with Gasteiger partial charge in [-0.1, -0.05) is 95.1 Å². The van der Waals surface area contributed by atoms with Crippen LogP contribution in [0.4, 0.5) is 0 Å². The summed E-state index contributed by atoms with van der Waals surface area (Å²) in [6.45, 7) is 12.9. The minimum Gasteiger partial charge on any atom is -0.457 e. The monoisotopic (exact) mass is 586 g/mol. The molecule has 0 amide bonds. The Morgan fingerprint density at radius 3 is 1.11 bits per heavy atom. The average molecular weight is 587 g/mol. The summed E-state index contributed by atoms with van der Waals surface area (Å²) < 4.78 is 13.1. The van der Waals surface area contributed by atoms with E-state index in [1.54, 1.807) is 0 Å². The number of aryl methyl sites for hydroxylation is 6. The molecular formula is C43H38O2. The minimum atomic E-state index is -0.586. The van der Waals surface area contributed by atoms with Crippen molar-refractivity contribution in [1.29, 1.82) is 0 Å². The fourth-order valence-electron chi connectivity index (χ4n) is 6.87. The van der Waals surface area contributed by atoms with Crippen molar-refractivity contribution in [3.05, 3.63) is 177 Å². The number of benzene rings is 6. The van der Waals surface area contributed by atoms with E-state index in [0.717, 1.165) is 34.1 Å². The third kappa shape index (κ3) is 5.21. The molecule has 222 valence electrons. The van der Waals surface area contributed by atoms with Crippen LogP contribution in [0.5, 0.6) is 23.0 Å². The number of fused-ring (bicyclic) bond motifs is 3. The standard InChI is InChI=1S/C43H38O2/c1-27-7-13-35(14-8-27)44-37-21-31(5)19-33(25-37)43(34-20-32(6)22-38(26-34)45-36-15-9-28(2)10-16-36)41-23-29(3)11-17-39(41)40-18-12-30(4)24-42(40)43/h7-26H,1-6H3. The Balaban J connectivity index is 1.51. The molecule has 0 fully saturated rings. The summed E-state index contributed by atoms with van der Waals surface area (Å²) in [4.78, 5) is 0. The first-order chi connectivity index (χ1) is 21.7. The fraction of sp³-hybridized carbons (Fsp3) is 0.163. The maximum atomic E-state index is 6.53. The number of ether oxygens (including phenoxy) is 2. The van der Waals surface area contributed by atoms with Crippen molar-refractivity contribution in [1.82, 2.24) is 0 Å². The predicted octanol–water partition coefficient (Wildman–Crippen LogP) is 11.5. The molecule has 0 saturated heterocycles. The topological polar surface area (TPSA) is 18.5 Å². The smallest absolute Gasteiger partial charge is 0.128 e. The second-order valence-electron chi connectivity index (χ2n) is 12.7. The van der Waals surface area contributed by atoms with Gasteiger partial charge in [0.25, 0.3) is 0 Å². The van der Waals surface area contributed by atoms with Gasteiger partial charge in [-0.25, -0.2) is 0 Å². The van der Waals surface area contributed by atoms with Crippen LogP contribution < -0.4 is 9.47 Å². The van der Waals surface area contributed by atoms with E-state index in [1.165, 1.54) is 55.6 Å². The van der Waals surface area contributed by atoms with Crippen molar-refractivity contribution in [3.63, 3.8) is 0 Å². The van der Waals surface area contributed by atoms with Gasteiger partial charge in [0.1, 0.15) is 23.0 Å². The van der Waals surface area contributed by atoms with Crippen LogP contribution in [0.15, 0.2) is 121 Å². The molecule has 7 rings (SSSR count). The Hall–Kier alpha value is -5.08. The highest BCUT2D eigenvalue weighted by Gasteiger charge is 2.47. The number of hydrogen-bond acceptors (Lipinski definition) is 2. The number of rotatable bonds is 6. The predicted molar refractivity (Wildman–Crippen MR) is 185 cm³/mol. The van der Waals surface area contributed by atoms with Crippen molar-refractivity contribution in [2.75, 3.05) is 0 Å². The third-order valence-electron chi connectivity index (χ3n) is 8.93. The quantitative estimate of drug-likeness (QED) is 0.193. The zero-order valence-corrected chi connectivity index (χ0v) is 26.9. The van der Waals surface area contributed by atoms with E-state index in [4.69, 9.17) is 9.47 Å². The molecule has 0 radical (unpaired) electrons. The molecular weight excluding hydrogens is 548 g/mol. The molecule has 0 bridgehead atoms. The molecule has 6 aromatic rings. The van der Waals surface area contributed by atoms with Gasteiger partial charge in [-0.05, 0) is 135 Å². The zero-order valence-electron chi connectivity index (χ0n) is 26.9. The molecule has 0 heterocycles. The lowest BCUT2D eigenvalue weighted by molar-refractivity contribution is 0.479. The van der Waals surface area contributed by atoms with E-state index in [2.05, 4.69) is 139 Å². The molecule has 0 aliphatic heterocycles. The number of hydrogen-bond donors (Lipinski definition) is 0. The second-order valence-corrected chi connectivity index (χ2v) is 12.7. The summed E-state index contributed by atoms with van der Waals surface area (Å²) in [5.41, 5.74) is 14.0. The normalized spacial score (nSPS) is 12.8. The Labute approximate surface area is 266 Å². The van der Waals surface area contributed by atoms with E-state index >= 15 is 0 Å². The first-order valence-corrected chi connectivity index (χ1v) is 15.6. The van der Waals surface area contributed by atoms with E-state index in [9.17, 15) is 0 Å². The van der Waals surface area contributed by atoms with Crippen LogP contribution in [0.25, 0.3) is 11.1 Å². The van der Waals surface area contributed by atoms with Gasteiger partial charge in [0.2, 0.25) is 0 Å².